The van der Waals surface area contributed by atoms with E-state index in [1.165, 1.54) is 15.9 Å². The van der Waals surface area contributed by atoms with Gasteiger partial charge in [0.1, 0.15) is 10.3 Å². The van der Waals surface area contributed by atoms with Gasteiger partial charge in [-0.2, -0.15) is 0 Å². The molecule has 5 aromatic rings. The van der Waals surface area contributed by atoms with Gasteiger partial charge in [-0.15, -0.1) is 21.5 Å². The number of hydrogen-bond donors (Lipinski definition) is 0. The first kappa shape index (κ1) is 20.4. The summed E-state index contributed by atoms with van der Waals surface area (Å²) in [5, 5.41) is 10.9. The maximum absolute atomic E-state index is 13.0. The molecule has 0 unspecified atom stereocenters. The summed E-state index contributed by atoms with van der Waals surface area (Å²) >= 11 is 1.34. The van der Waals surface area contributed by atoms with Gasteiger partial charge in [-0.05, 0) is 31.4 Å². The Kier molecular flexibility index (Phi) is 5.03. The molecule has 0 saturated carbocycles. The zero-order valence-corrected chi connectivity index (χ0v) is 18.5. The molecular formula is C22H20N4O5S. The Hall–Kier alpha value is -3.50. The molecule has 0 fully saturated rings. The highest BCUT2D eigenvalue weighted by Crippen LogP contribution is 2.28. The second kappa shape index (κ2) is 7.88. The van der Waals surface area contributed by atoms with Gasteiger partial charge in [0, 0.05) is 18.0 Å². The Morgan fingerprint density at radius 3 is 2.81 bits per heavy atom. The van der Waals surface area contributed by atoms with Crippen molar-refractivity contribution in [3.05, 3.63) is 63.2 Å². The molecule has 0 bridgehead atoms. The standard InChI is InChI=1S/C22H20N4O5S/c1-12(2)29-10-14-13-6-4-5-7-16(13)31-18(14)21(28)30-11-17-23-24-22-25(3)20(27)19-15(26(17)22)8-9-32-19/h4-9,12H,10-11H2,1-3H3. The Bertz CT molecular complexity index is 1520. The first-order chi connectivity index (χ1) is 15.5. The highest BCUT2D eigenvalue weighted by atomic mass is 32.1. The number of ether oxygens (including phenoxy) is 2. The molecular weight excluding hydrogens is 432 g/mol. The van der Waals surface area contributed by atoms with Crippen LogP contribution in [0.5, 0.6) is 0 Å². The third-order valence-electron chi connectivity index (χ3n) is 5.17. The largest absolute Gasteiger partial charge is 0.452 e. The average molecular weight is 452 g/mol. The summed E-state index contributed by atoms with van der Waals surface area (Å²) in [6.45, 7) is 3.94. The third kappa shape index (κ3) is 3.28. The fourth-order valence-electron chi connectivity index (χ4n) is 3.60. The zero-order chi connectivity index (χ0) is 22.4. The van der Waals surface area contributed by atoms with Crippen molar-refractivity contribution in [2.75, 3.05) is 0 Å². The average Bonchev–Trinajstić information content (AvgIpc) is 3.50. The number of esters is 1. The minimum atomic E-state index is -0.619. The summed E-state index contributed by atoms with van der Waals surface area (Å²) in [6.07, 6.45) is -0.00504. The number of aromatic nitrogens is 4. The van der Waals surface area contributed by atoms with Crippen LogP contribution >= 0.6 is 11.3 Å². The summed E-state index contributed by atoms with van der Waals surface area (Å²) in [4.78, 5) is 25.4. The number of thiophene rings is 1. The summed E-state index contributed by atoms with van der Waals surface area (Å²) in [7, 11) is 1.64. The van der Waals surface area contributed by atoms with Crippen LogP contribution in [0.25, 0.3) is 27.0 Å². The van der Waals surface area contributed by atoms with E-state index >= 15 is 0 Å². The van der Waals surface area contributed by atoms with E-state index in [4.69, 9.17) is 13.9 Å². The molecule has 5 rings (SSSR count). The van der Waals surface area contributed by atoms with Crippen LogP contribution in [0.3, 0.4) is 0 Å². The van der Waals surface area contributed by atoms with Gasteiger partial charge in [-0.3, -0.25) is 13.8 Å². The van der Waals surface area contributed by atoms with Gasteiger partial charge in [0.15, 0.2) is 12.4 Å². The lowest BCUT2D eigenvalue weighted by Gasteiger charge is -2.08. The van der Waals surface area contributed by atoms with Crippen molar-refractivity contribution in [1.82, 2.24) is 19.2 Å². The van der Waals surface area contributed by atoms with Crippen LogP contribution in [0, 0.1) is 0 Å². The van der Waals surface area contributed by atoms with E-state index in [0.717, 1.165) is 5.39 Å². The number of para-hydroxylation sites is 1. The van der Waals surface area contributed by atoms with Gasteiger partial charge in [0.2, 0.25) is 11.5 Å². The van der Waals surface area contributed by atoms with Crippen LogP contribution in [0.2, 0.25) is 0 Å². The Balaban J connectivity index is 1.48. The van der Waals surface area contributed by atoms with Gasteiger partial charge in [-0.25, -0.2) is 4.79 Å². The van der Waals surface area contributed by atoms with Crippen molar-refractivity contribution >= 4 is 44.3 Å². The van der Waals surface area contributed by atoms with Crippen LogP contribution in [-0.2, 0) is 29.7 Å². The number of carbonyl (C=O) groups is 1. The van der Waals surface area contributed by atoms with Gasteiger partial charge in [0.05, 0.1) is 18.2 Å². The molecule has 0 radical (unpaired) electrons. The third-order valence-corrected chi connectivity index (χ3v) is 6.07. The number of rotatable bonds is 6. The summed E-state index contributed by atoms with van der Waals surface area (Å²) < 4.78 is 20.8. The van der Waals surface area contributed by atoms with E-state index in [1.54, 1.807) is 17.5 Å². The molecule has 0 aliphatic carbocycles. The summed E-state index contributed by atoms with van der Waals surface area (Å²) in [6, 6.07) is 9.22. The first-order valence-electron chi connectivity index (χ1n) is 10.0. The smallest absolute Gasteiger partial charge is 0.375 e. The molecule has 0 N–H and O–H groups in total. The van der Waals surface area contributed by atoms with Crippen LogP contribution in [-0.4, -0.2) is 31.2 Å². The summed E-state index contributed by atoms with van der Waals surface area (Å²) in [5.74, 6) is 0.269. The van der Waals surface area contributed by atoms with Crippen molar-refractivity contribution in [3.8, 4) is 0 Å². The van der Waals surface area contributed by atoms with Crippen LogP contribution in [0.4, 0.5) is 0 Å². The van der Waals surface area contributed by atoms with Crippen LogP contribution < -0.4 is 5.56 Å². The Morgan fingerprint density at radius 1 is 1.19 bits per heavy atom. The van der Waals surface area contributed by atoms with E-state index < -0.39 is 5.97 Å². The first-order valence-corrected chi connectivity index (χ1v) is 10.9. The van der Waals surface area contributed by atoms with Gasteiger partial charge in [-0.1, -0.05) is 18.2 Å². The predicted molar refractivity (Wildman–Crippen MR) is 119 cm³/mol. The molecule has 164 valence electrons. The number of fused-ring (bicyclic) bond motifs is 4. The van der Waals surface area contributed by atoms with E-state index in [1.807, 2.05) is 43.5 Å². The Labute approximate surface area is 185 Å². The molecule has 0 aliphatic heterocycles. The fourth-order valence-corrected chi connectivity index (χ4v) is 4.45. The lowest BCUT2D eigenvalue weighted by molar-refractivity contribution is 0.0402. The topological polar surface area (TPSA) is 101 Å². The number of carbonyl (C=O) groups excluding carboxylic acids is 1. The molecule has 4 heterocycles. The second-order valence-electron chi connectivity index (χ2n) is 7.59. The molecule has 4 aromatic heterocycles. The number of nitrogens with zero attached hydrogens (tertiary/aromatic N) is 4. The normalized spacial score (nSPS) is 11.9. The minimum absolute atomic E-state index is 0.00504. The molecule has 9 nitrogen and oxygen atoms in total. The number of furan rings is 1. The molecule has 0 atom stereocenters. The lowest BCUT2D eigenvalue weighted by atomic mass is 10.1. The molecule has 0 amide bonds. The number of aryl methyl sites for hydroxylation is 1. The monoisotopic (exact) mass is 452 g/mol. The highest BCUT2D eigenvalue weighted by Gasteiger charge is 2.24. The van der Waals surface area contributed by atoms with Crippen molar-refractivity contribution < 1.29 is 18.7 Å². The molecule has 0 aliphatic rings. The SMILES string of the molecule is CC(C)OCc1c(C(=O)OCc2nnc3n(C)c(=O)c4sccc4n23)oc2ccccc12. The van der Waals surface area contributed by atoms with Gasteiger partial charge < -0.3 is 13.9 Å². The van der Waals surface area contributed by atoms with Crippen LogP contribution in [0.1, 0.15) is 35.8 Å². The predicted octanol–water partition coefficient (Wildman–Crippen LogP) is 3.67. The van der Waals surface area contributed by atoms with Gasteiger partial charge >= 0.3 is 5.97 Å². The fraction of sp³-hybridized carbons (Fsp3) is 0.273. The zero-order valence-electron chi connectivity index (χ0n) is 17.7. The highest BCUT2D eigenvalue weighted by molar-refractivity contribution is 7.17. The minimum Gasteiger partial charge on any atom is -0.452 e. The van der Waals surface area contributed by atoms with Crippen molar-refractivity contribution in [2.45, 2.75) is 33.2 Å². The number of benzene rings is 1. The maximum Gasteiger partial charge on any atom is 0.375 e. The molecule has 0 saturated heterocycles. The lowest BCUT2D eigenvalue weighted by Crippen LogP contribution is -2.19. The van der Waals surface area contributed by atoms with E-state index in [0.29, 0.717) is 33.0 Å². The quantitative estimate of drug-likeness (QED) is 0.362. The molecule has 1 aromatic carbocycles. The van der Waals surface area contributed by atoms with Crippen molar-refractivity contribution in [3.63, 3.8) is 0 Å². The second-order valence-corrected chi connectivity index (χ2v) is 8.51. The van der Waals surface area contributed by atoms with Gasteiger partial charge in [0.25, 0.3) is 5.56 Å². The van der Waals surface area contributed by atoms with E-state index in [-0.39, 0.29) is 30.6 Å². The van der Waals surface area contributed by atoms with E-state index in [2.05, 4.69) is 10.2 Å². The van der Waals surface area contributed by atoms with Crippen molar-refractivity contribution in [2.24, 2.45) is 7.05 Å². The molecule has 32 heavy (non-hydrogen) atoms. The van der Waals surface area contributed by atoms with Crippen LogP contribution in [0.15, 0.2) is 44.9 Å². The number of hydrogen-bond acceptors (Lipinski definition) is 8. The summed E-state index contributed by atoms with van der Waals surface area (Å²) in [5.41, 5.74) is 1.77. The van der Waals surface area contributed by atoms with E-state index in [9.17, 15) is 9.59 Å². The molecule has 10 heteroatoms. The molecule has 0 spiro atoms. The Morgan fingerprint density at radius 2 is 2.00 bits per heavy atom. The van der Waals surface area contributed by atoms with Crippen molar-refractivity contribution in [1.29, 1.82) is 0 Å². The maximum atomic E-state index is 13.0.